The molecular formula is C13H12N4O. The zero-order valence-corrected chi connectivity index (χ0v) is 9.87. The van der Waals surface area contributed by atoms with E-state index in [9.17, 15) is 0 Å². The van der Waals surface area contributed by atoms with Gasteiger partial charge in [0.1, 0.15) is 11.3 Å². The first-order valence-electron chi connectivity index (χ1n) is 5.57. The predicted molar refractivity (Wildman–Crippen MR) is 68.7 cm³/mol. The summed E-state index contributed by atoms with van der Waals surface area (Å²) in [6.07, 6.45) is 3.44. The molecule has 5 nitrogen and oxygen atoms in total. The van der Waals surface area contributed by atoms with Crippen LogP contribution in [-0.2, 0) is 0 Å². The van der Waals surface area contributed by atoms with Gasteiger partial charge in [0.2, 0.25) is 5.88 Å². The Hall–Kier alpha value is -2.56. The van der Waals surface area contributed by atoms with E-state index in [2.05, 4.69) is 10.1 Å². The molecule has 0 aliphatic carbocycles. The molecule has 3 aromatic rings. The van der Waals surface area contributed by atoms with E-state index in [-0.39, 0.29) is 0 Å². The van der Waals surface area contributed by atoms with Crippen LogP contribution in [0.2, 0.25) is 0 Å². The molecule has 2 aromatic heterocycles. The number of aryl methyl sites for hydroxylation is 1. The molecule has 1 aromatic carbocycles. The third kappa shape index (κ3) is 1.86. The van der Waals surface area contributed by atoms with Gasteiger partial charge < -0.3 is 10.5 Å². The molecule has 90 valence electrons. The number of aromatic nitrogens is 3. The average Bonchev–Trinajstić information content (AvgIpc) is 2.71. The van der Waals surface area contributed by atoms with Crippen LogP contribution in [-0.4, -0.2) is 14.6 Å². The Kier molecular flexibility index (Phi) is 2.37. The molecule has 0 saturated heterocycles. The molecule has 18 heavy (non-hydrogen) atoms. The lowest BCUT2D eigenvalue weighted by Gasteiger charge is -2.06. The summed E-state index contributed by atoms with van der Waals surface area (Å²) >= 11 is 0. The molecule has 0 amide bonds. The summed E-state index contributed by atoms with van der Waals surface area (Å²) < 4.78 is 7.47. The first kappa shape index (κ1) is 10.6. The highest BCUT2D eigenvalue weighted by Crippen LogP contribution is 2.25. The first-order chi connectivity index (χ1) is 8.72. The van der Waals surface area contributed by atoms with Gasteiger partial charge in [-0.15, -0.1) is 0 Å². The fourth-order valence-corrected chi connectivity index (χ4v) is 1.79. The Balaban J connectivity index is 2.04. The molecule has 0 aliphatic rings. The second-order valence-electron chi connectivity index (χ2n) is 4.02. The molecular weight excluding hydrogens is 228 g/mol. The van der Waals surface area contributed by atoms with Gasteiger partial charge in [0.15, 0.2) is 0 Å². The summed E-state index contributed by atoms with van der Waals surface area (Å²) in [4.78, 5) is 4.22. The summed E-state index contributed by atoms with van der Waals surface area (Å²) in [6, 6.07) is 9.17. The van der Waals surface area contributed by atoms with Crippen molar-refractivity contribution in [3.05, 3.63) is 48.4 Å². The van der Waals surface area contributed by atoms with E-state index in [1.807, 2.05) is 31.2 Å². The summed E-state index contributed by atoms with van der Waals surface area (Å²) in [5, 5.41) is 4.30. The van der Waals surface area contributed by atoms with Crippen LogP contribution < -0.4 is 10.5 Å². The van der Waals surface area contributed by atoms with Gasteiger partial charge in [0.05, 0.1) is 5.69 Å². The summed E-state index contributed by atoms with van der Waals surface area (Å²) in [7, 11) is 0. The van der Waals surface area contributed by atoms with Gasteiger partial charge in [-0.25, -0.2) is 9.50 Å². The van der Waals surface area contributed by atoms with Gasteiger partial charge in [-0.3, -0.25) is 0 Å². The molecule has 0 bridgehead atoms. The predicted octanol–water partition coefficient (Wildman–Crippen LogP) is 2.41. The number of anilines is 1. The molecule has 5 heteroatoms. The maximum atomic E-state index is 5.73. The van der Waals surface area contributed by atoms with Crippen molar-refractivity contribution in [1.82, 2.24) is 14.6 Å². The van der Waals surface area contributed by atoms with Crippen molar-refractivity contribution in [3.63, 3.8) is 0 Å². The van der Waals surface area contributed by atoms with Crippen LogP contribution in [0.5, 0.6) is 11.6 Å². The minimum absolute atomic E-state index is 0.517. The highest BCUT2D eigenvalue weighted by atomic mass is 16.5. The normalized spacial score (nSPS) is 10.7. The van der Waals surface area contributed by atoms with E-state index >= 15 is 0 Å². The Morgan fingerprint density at radius 3 is 3.00 bits per heavy atom. The van der Waals surface area contributed by atoms with Crippen LogP contribution >= 0.6 is 0 Å². The van der Waals surface area contributed by atoms with E-state index < -0.39 is 0 Å². The number of ether oxygens (including phenoxy) is 1. The Morgan fingerprint density at radius 2 is 2.17 bits per heavy atom. The Morgan fingerprint density at radius 1 is 1.28 bits per heavy atom. The summed E-state index contributed by atoms with van der Waals surface area (Å²) in [6.45, 7) is 1.93. The smallest absolute Gasteiger partial charge is 0.245 e. The Bertz CT molecular complexity index is 705. The highest BCUT2D eigenvalue weighted by Gasteiger charge is 2.07. The second-order valence-corrected chi connectivity index (χ2v) is 4.02. The molecule has 0 unspecified atom stereocenters. The van der Waals surface area contributed by atoms with Gasteiger partial charge in [0.25, 0.3) is 0 Å². The second kappa shape index (κ2) is 4.03. The summed E-state index contributed by atoms with van der Waals surface area (Å²) in [5.74, 6) is 1.18. The average molecular weight is 240 g/mol. The molecule has 0 fully saturated rings. The van der Waals surface area contributed by atoms with Gasteiger partial charge in [-0.1, -0.05) is 6.07 Å². The van der Waals surface area contributed by atoms with Crippen LogP contribution in [0.15, 0.2) is 42.7 Å². The van der Waals surface area contributed by atoms with Gasteiger partial charge in [0, 0.05) is 24.1 Å². The lowest BCUT2D eigenvalue weighted by atomic mass is 10.3. The first-order valence-corrected chi connectivity index (χ1v) is 5.57. The van der Waals surface area contributed by atoms with Crippen LogP contribution in [0.4, 0.5) is 5.69 Å². The molecule has 2 N–H and O–H groups in total. The standard InChI is InChI=1S/C13H12N4O/c1-9-7-12-13(15-5-6-17(12)16-9)18-11-4-2-3-10(14)8-11/h2-8H,14H2,1H3. The molecule has 0 saturated carbocycles. The number of hydrogen-bond acceptors (Lipinski definition) is 4. The third-order valence-electron chi connectivity index (χ3n) is 2.55. The van der Waals surface area contributed by atoms with E-state index in [1.54, 1.807) is 23.0 Å². The lowest BCUT2D eigenvalue weighted by Crippen LogP contribution is -1.94. The monoisotopic (exact) mass is 240 g/mol. The number of nitrogens with two attached hydrogens (primary N) is 1. The zero-order chi connectivity index (χ0) is 12.5. The number of rotatable bonds is 2. The van der Waals surface area contributed by atoms with Gasteiger partial charge in [-0.2, -0.15) is 5.10 Å². The fraction of sp³-hybridized carbons (Fsp3) is 0.0769. The van der Waals surface area contributed by atoms with Crippen molar-refractivity contribution >= 4 is 11.2 Å². The maximum Gasteiger partial charge on any atom is 0.245 e. The minimum atomic E-state index is 0.517. The quantitative estimate of drug-likeness (QED) is 0.698. The number of benzene rings is 1. The molecule has 0 spiro atoms. The van der Waals surface area contributed by atoms with Crippen LogP contribution in [0.25, 0.3) is 5.52 Å². The highest BCUT2D eigenvalue weighted by molar-refractivity contribution is 5.58. The van der Waals surface area contributed by atoms with E-state index in [0.29, 0.717) is 17.3 Å². The van der Waals surface area contributed by atoms with Crippen LogP contribution in [0.3, 0.4) is 0 Å². The maximum absolute atomic E-state index is 5.73. The van der Waals surface area contributed by atoms with Crippen molar-refractivity contribution in [1.29, 1.82) is 0 Å². The molecule has 3 rings (SSSR count). The molecule has 0 atom stereocenters. The molecule has 0 aliphatic heterocycles. The minimum Gasteiger partial charge on any atom is -0.437 e. The van der Waals surface area contributed by atoms with E-state index in [1.165, 1.54) is 0 Å². The number of fused-ring (bicyclic) bond motifs is 1. The van der Waals surface area contributed by atoms with Crippen molar-refractivity contribution in [2.24, 2.45) is 0 Å². The Labute approximate surface area is 104 Å². The zero-order valence-electron chi connectivity index (χ0n) is 9.87. The van der Waals surface area contributed by atoms with Crippen LogP contribution in [0.1, 0.15) is 5.69 Å². The molecule has 0 radical (unpaired) electrons. The summed E-state index contributed by atoms with van der Waals surface area (Å²) in [5.41, 5.74) is 8.12. The van der Waals surface area contributed by atoms with Crippen molar-refractivity contribution < 1.29 is 4.74 Å². The van der Waals surface area contributed by atoms with Gasteiger partial charge >= 0.3 is 0 Å². The van der Waals surface area contributed by atoms with E-state index in [0.717, 1.165) is 11.2 Å². The van der Waals surface area contributed by atoms with Crippen molar-refractivity contribution in [2.75, 3.05) is 5.73 Å². The fourth-order valence-electron chi connectivity index (χ4n) is 1.79. The number of hydrogen-bond donors (Lipinski definition) is 1. The van der Waals surface area contributed by atoms with Crippen LogP contribution in [0, 0.1) is 6.92 Å². The number of nitrogens with zero attached hydrogens (tertiary/aromatic N) is 3. The SMILES string of the molecule is Cc1cc2c(Oc3cccc(N)c3)nccn2n1. The lowest BCUT2D eigenvalue weighted by molar-refractivity contribution is 0.466. The largest absolute Gasteiger partial charge is 0.437 e. The molecule has 2 heterocycles. The van der Waals surface area contributed by atoms with Gasteiger partial charge in [-0.05, 0) is 25.1 Å². The third-order valence-corrected chi connectivity index (χ3v) is 2.55. The van der Waals surface area contributed by atoms with Crippen molar-refractivity contribution in [3.8, 4) is 11.6 Å². The number of nitrogen functional groups attached to an aromatic ring is 1. The topological polar surface area (TPSA) is 65.4 Å². The van der Waals surface area contributed by atoms with E-state index in [4.69, 9.17) is 10.5 Å². The van der Waals surface area contributed by atoms with Crippen molar-refractivity contribution in [2.45, 2.75) is 6.92 Å².